The molecular weight excluding hydrogens is 491 g/mol. The Hall–Kier alpha value is -4.31. The van der Waals surface area contributed by atoms with Gasteiger partial charge in [0.1, 0.15) is 24.3 Å². The maximum absolute atomic E-state index is 13.2. The number of alkyl halides is 2. The number of pyridine rings is 2. The van der Waals surface area contributed by atoms with Crippen molar-refractivity contribution in [3.05, 3.63) is 59.6 Å². The van der Waals surface area contributed by atoms with Crippen LogP contribution in [0.2, 0.25) is 0 Å². The normalized spacial score (nSPS) is 14.4. The molecule has 1 aliphatic heterocycles. The number of aliphatic hydroxyl groups excluding tert-OH is 1. The molecule has 5 heterocycles. The van der Waals surface area contributed by atoms with Crippen molar-refractivity contribution < 1.29 is 27.8 Å². The molecule has 0 aliphatic carbocycles. The first kappa shape index (κ1) is 24.4. The van der Waals surface area contributed by atoms with Crippen molar-refractivity contribution in [3.63, 3.8) is 0 Å². The summed E-state index contributed by atoms with van der Waals surface area (Å²) in [5, 5.41) is 28.6. The highest BCUT2D eigenvalue weighted by Gasteiger charge is 2.23. The van der Waals surface area contributed by atoms with Gasteiger partial charge in [-0.05, 0) is 30.7 Å². The average molecular weight is 513 g/mol. The van der Waals surface area contributed by atoms with Crippen molar-refractivity contribution in [1.82, 2.24) is 29.3 Å². The Morgan fingerprint density at radius 2 is 2.03 bits per heavy atom. The van der Waals surface area contributed by atoms with E-state index in [0.29, 0.717) is 37.3 Å². The van der Waals surface area contributed by atoms with E-state index in [0.717, 1.165) is 29.7 Å². The molecule has 0 fully saturated rings. The summed E-state index contributed by atoms with van der Waals surface area (Å²) in [6.07, 6.45) is 5.37. The Balaban J connectivity index is 1.51. The predicted molar refractivity (Wildman–Crippen MR) is 123 cm³/mol. The molecule has 192 valence electrons. The van der Waals surface area contributed by atoms with Crippen LogP contribution in [0.25, 0.3) is 16.8 Å². The van der Waals surface area contributed by atoms with Gasteiger partial charge in [-0.3, -0.25) is 9.67 Å². The number of hydrogen-bond donors (Lipinski definition) is 1. The zero-order valence-corrected chi connectivity index (χ0v) is 19.7. The smallest absolute Gasteiger partial charge is 0.387 e. The molecule has 0 amide bonds. The topological polar surface area (TPSA) is 114 Å². The van der Waals surface area contributed by atoms with Gasteiger partial charge in [-0.15, -0.1) is 0 Å². The van der Waals surface area contributed by atoms with Gasteiger partial charge in [0.05, 0.1) is 30.3 Å². The molecule has 0 bridgehead atoms. The van der Waals surface area contributed by atoms with E-state index in [4.69, 9.17) is 9.84 Å². The number of aliphatic hydroxyl groups is 1. The van der Waals surface area contributed by atoms with Crippen LogP contribution in [-0.4, -0.2) is 60.7 Å². The fourth-order valence-electron chi connectivity index (χ4n) is 4.35. The van der Waals surface area contributed by atoms with Gasteiger partial charge in [0.25, 0.3) is 0 Å². The molecule has 0 saturated carbocycles. The minimum Gasteiger partial charge on any atom is -0.488 e. The van der Waals surface area contributed by atoms with E-state index in [1.54, 1.807) is 17.2 Å². The molecule has 4 aromatic rings. The van der Waals surface area contributed by atoms with Gasteiger partial charge in [0.15, 0.2) is 17.5 Å². The highest BCUT2D eigenvalue weighted by Crippen LogP contribution is 2.36. The van der Waals surface area contributed by atoms with Crippen molar-refractivity contribution >= 4 is 5.52 Å². The number of nitriles is 1. The van der Waals surface area contributed by atoms with E-state index in [1.807, 2.05) is 11.6 Å². The van der Waals surface area contributed by atoms with E-state index in [9.17, 15) is 23.5 Å². The van der Waals surface area contributed by atoms with Gasteiger partial charge >= 0.3 is 6.61 Å². The maximum Gasteiger partial charge on any atom is 0.387 e. The van der Waals surface area contributed by atoms with Gasteiger partial charge in [-0.2, -0.15) is 24.2 Å². The van der Waals surface area contributed by atoms with Crippen molar-refractivity contribution in [2.45, 2.75) is 32.6 Å². The lowest BCUT2D eigenvalue weighted by molar-refractivity contribution is -0.0489. The number of rotatable bonds is 7. The summed E-state index contributed by atoms with van der Waals surface area (Å²) < 4.78 is 52.9. The van der Waals surface area contributed by atoms with Gasteiger partial charge in [0, 0.05) is 37.0 Å². The van der Waals surface area contributed by atoms with Crippen LogP contribution in [0.4, 0.5) is 13.2 Å². The number of halogens is 3. The second-order valence-corrected chi connectivity index (χ2v) is 8.48. The summed E-state index contributed by atoms with van der Waals surface area (Å²) in [5.41, 5.74) is 3.50. The van der Waals surface area contributed by atoms with Crippen molar-refractivity contribution in [1.29, 1.82) is 5.26 Å². The summed E-state index contributed by atoms with van der Waals surface area (Å²) >= 11 is 0. The molecule has 37 heavy (non-hydrogen) atoms. The molecular formula is C24H22F3N7O3. The molecule has 0 spiro atoms. The van der Waals surface area contributed by atoms with Crippen molar-refractivity contribution in [2.24, 2.45) is 0 Å². The van der Waals surface area contributed by atoms with Gasteiger partial charge in [-0.25, -0.2) is 8.91 Å². The molecule has 13 heteroatoms. The quantitative estimate of drug-likeness (QED) is 0.375. The lowest BCUT2D eigenvalue weighted by atomic mass is 10.1. The van der Waals surface area contributed by atoms with Gasteiger partial charge < -0.3 is 19.5 Å². The average Bonchev–Trinajstić information content (AvgIpc) is 3.34. The fourth-order valence-corrected chi connectivity index (χ4v) is 4.35. The first-order valence-electron chi connectivity index (χ1n) is 11.4. The van der Waals surface area contributed by atoms with Crippen LogP contribution >= 0.6 is 0 Å². The lowest BCUT2D eigenvalue weighted by Crippen LogP contribution is -2.21. The van der Waals surface area contributed by atoms with E-state index in [2.05, 4.69) is 21.0 Å². The standard InChI is InChI=1S/C24H22F3N7O3/c1-14-18-4-5-32(13-28)6-7-33(18)31-22(14)15-8-20(23-21(37-24(26)27)10-30-34(23)11-15)36-12-19(35)17-3-2-16(25)9-29-17/h2-3,8-11,19,24,35H,4-7,12H2,1H3. The Morgan fingerprint density at radius 1 is 1.19 bits per heavy atom. The minimum atomic E-state index is -3.08. The fraction of sp³-hybridized carbons (Fsp3) is 0.333. The summed E-state index contributed by atoms with van der Waals surface area (Å²) in [7, 11) is 0. The van der Waals surface area contributed by atoms with Gasteiger partial charge in [-0.1, -0.05) is 0 Å². The van der Waals surface area contributed by atoms with E-state index >= 15 is 0 Å². The molecule has 4 aromatic heterocycles. The number of nitrogens with zero attached hydrogens (tertiary/aromatic N) is 7. The third kappa shape index (κ3) is 4.88. The summed E-state index contributed by atoms with van der Waals surface area (Å²) in [6, 6.07) is 4.11. The van der Waals surface area contributed by atoms with E-state index in [1.165, 1.54) is 10.6 Å². The SMILES string of the molecule is Cc1c(-c2cc(OCC(O)c3ccc(F)cn3)c3c(OC(F)F)cnn3c2)nn2c1CCN(C#N)CC2. The second-order valence-electron chi connectivity index (χ2n) is 8.48. The Morgan fingerprint density at radius 3 is 2.76 bits per heavy atom. The predicted octanol–water partition coefficient (Wildman–Crippen LogP) is 3.09. The first-order valence-corrected chi connectivity index (χ1v) is 11.4. The third-order valence-electron chi connectivity index (χ3n) is 6.18. The molecule has 1 aliphatic rings. The first-order chi connectivity index (χ1) is 17.8. The zero-order valence-electron chi connectivity index (χ0n) is 19.7. The Labute approximate surface area is 209 Å². The van der Waals surface area contributed by atoms with Crippen LogP contribution in [-0.2, 0) is 13.0 Å². The lowest BCUT2D eigenvalue weighted by Gasteiger charge is -2.15. The summed E-state index contributed by atoms with van der Waals surface area (Å²) in [6.45, 7) is 0.228. The van der Waals surface area contributed by atoms with Crippen LogP contribution in [0.3, 0.4) is 0 Å². The van der Waals surface area contributed by atoms with Crippen LogP contribution in [0.5, 0.6) is 11.5 Å². The number of aromatic nitrogens is 5. The molecule has 10 nitrogen and oxygen atoms in total. The summed E-state index contributed by atoms with van der Waals surface area (Å²) in [5.74, 6) is -0.613. The molecule has 0 radical (unpaired) electrons. The van der Waals surface area contributed by atoms with E-state index < -0.39 is 18.5 Å². The molecule has 0 aromatic carbocycles. The Kier molecular flexibility index (Phi) is 6.58. The highest BCUT2D eigenvalue weighted by atomic mass is 19.3. The number of ether oxygens (including phenoxy) is 2. The van der Waals surface area contributed by atoms with Crippen LogP contribution in [0.15, 0.2) is 36.8 Å². The Bertz CT molecular complexity index is 1460. The molecule has 0 saturated heterocycles. The highest BCUT2D eigenvalue weighted by molar-refractivity contribution is 5.75. The monoisotopic (exact) mass is 513 g/mol. The van der Waals surface area contributed by atoms with Crippen LogP contribution in [0, 0.1) is 24.2 Å². The maximum atomic E-state index is 13.2. The minimum absolute atomic E-state index is 0.130. The largest absolute Gasteiger partial charge is 0.488 e. The van der Waals surface area contributed by atoms with Crippen molar-refractivity contribution in [2.75, 3.05) is 19.7 Å². The number of hydrogen-bond acceptors (Lipinski definition) is 8. The third-order valence-corrected chi connectivity index (χ3v) is 6.18. The molecule has 1 atom stereocenters. The van der Waals surface area contributed by atoms with Gasteiger partial charge in [0.2, 0.25) is 0 Å². The van der Waals surface area contributed by atoms with Crippen molar-refractivity contribution in [3.8, 4) is 28.9 Å². The molecule has 5 rings (SSSR count). The molecule has 1 N–H and O–H groups in total. The zero-order chi connectivity index (χ0) is 26.1. The van der Waals surface area contributed by atoms with Crippen LogP contribution < -0.4 is 9.47 Å². The summed E-state index contributed by atoms with van der Waals surface area (Å²) in [4.78, 5) is 5.53. The molecule has 1 unspecified atom stereocenters. The number of fused-ring (bicyclic) bond motifs is 2. The second kappa shape index (κ2) is 9.98. The van der Waals surface area contributed by atoms with E-state index in [-0.39, 0.29) is 29.3 Å². The van der Waals surface area contributed by atoms with Crippen LogP contribution in [0.1, 0.15) is 23.1 Å².